The molecule has 0 spiro atoms. The summed E-state index contributed by atoms with van der Waals surface area (Å²) in [4.78, 5) is 4.84. The molecule has 4 nitrogen and oxygen atoms in total. The minimum absolute atomic E-state index is 0. The molecule has 1 heterocycles. The standard InChI is InChI=1S/C22H28ClN3O.HI/c1-3-24-22(26-16(2)19-11-7-8-12-20(19)23)25-15-18-13-14-27-21(18)17-9-5-4-6-10-17;/h4-12,16,18,21H,3,13-15H2,1-2H3,(H2,24,25,26);1H. The lowest BCUT2D eigenvalue weighted by atomic mass is 9.95. The third-order valence-corrected chi connectivity index (χ3v) is 5.24. The molecule has 1 aliphatic heterocycles. The fourth-order valence-electron chi connectivity index (χ4n) is 3.47. The first-order chi connectivity index (χ1) is 13.2. The average Bonchev–Trinajstić information content (AvgIpc) is 3.16. The second-order valence-corrected chi connectivity index (χ2v) is 7.27. The highest BCUT2D eigenvalue weighted by Gasteiger charge is 2.29. The van der Waals surface area contributed by atoms with E-state index in [0.29, 0.717) is 5.92 Å². The molecular formula is C22H29ClIN3O. The molecule has 28 heavy (non-hydrogen) atoms. The third kappa shape index (κ3) is 6.09. The van der Waals surface area contributed by atoms with Crippen molar-refractivity contribution in [3.05, 3.63) is 70.7 Å². The van der Waals surface area contributed by atoms with Crippen molar-refractivity contribution in [3.8, 4) is 0 Å². The number of hydrogen-bond acceptors (Lipinski definition) is 2. The van der Waals surface area contributed by atoms with Gasteiger partial charge in [-0.25, -0.2) is 0 Å². The van der Waals surface area contributed by atoms with E-state index in [1.165, 1.54) is 5.56 Å². The molecule has 1 aliphatic rings. The quantitative estimate of drug-likeness (QED) is 0.311. The first-order valence-corrected chi connectivity index (χ1v) is 10.0. The van der Waals surface area contributed by atoms with E-state index >= 15 is 0 Å². The van der Waals surface area contributed by atoms with Crippen LogP contribution in [0.15, 0.2) is 59.6 Å². The van der Waals surface area contributed by atoms with Gasteiger partial charge in [-0.3, -0.25) is 4.99 Å². The van der Waals surface area contributed by atoms with E-state index < -0.39 is 0 Å². The molecule has 6 heteroatoms. The van der Waals surface area contributed by atoms with Crippen LogP contribution in [0.5, 0.6) is 0 Å². The number of benzene rings is 2. The number of nitrogens with zero attached hydrogens (tertiary/aromatic N) is 1. The highest BCUT2D eigenvalue weighted by molar-refractivity contribution is 14.0. The largest absolute Gasteiger partial charge is 0.373 e. The third-order valence-electron chi connectivity index (χ3n) is 4.90. The van der Waals surface area contributed by atoms with E-state index in [9.17, 15) is 0 Å². The van der Waals surface area contributed by atoms with Gasteiger partial charge in [0.1, 0.15) is 0 Å². The van der Waals surface area contributed by atoms with Gasteiger partial charge in [-0.1, -0.05) is 60.1 Å². The Hall–Kier alpha value is -1.31. The zero-order valence-corrected chi connectivity index (χ0v) is 19.5. The Labute approximate surface area is 190 Å². The summed E-state index contributed by atoms with van der Waals surface area (Å²) in [6.45, 7) is 6.50. The van der Waals surface area contributed by atoms with Crippen LogP contribution in [0.1, 0.15) is 43.5 Å². The molecule has 1 saturated heterocycles. The molecule has 3 rings (SSSR count). The van der Waals surface area contributed by atoms with Crippen molar-refractivity contribution in [3.63, 3.8) is 0 Å². The number of nitrogens with one attached hydrogen (secondary N) is 2. The Bertz CT molecular complexity index is 756. The fraction of sp³-hybridized carbons (Fsp3) is 0.409. The van der Waals surface area contributed by atoms with Crippen LogP contribution in [0.25, 0.3) is 0 Å². The number of aliphatic imine (C=N–C) groups is 1. The zero-order chi connectivity index (χ0) is 19.1. The van der Waals surface area contributed by atoms with Gasteiger partial charge in [0.2, 0.25) is 0 Å². The van der Waals surface area contributed by atoms with Gasteiger partial charge in [-0.15, -0.1) is 24.0 Å². The molecule has 0 aromatic heterocycles. The lowest BCUT2D eigenvalue weighted by Gasteiger charge is -2.21. The molecule has 2 aromatic carbocycles. The minimum Gasteiger partial charge on any atom is -0.373 e. The number of rotatable bonds is 6. The van der Waals surface area contributed by atoms with E-state index in [0.717, 1.165) is 42.7 Å². The van der Waals surface area contributed by atoms with E-state index in [1.807, 2.05) is 30.3 Å². The highest BCUT2D eigenvalue weighted by atomic mass is 127. The predicted molar refractivity (Wildman–Crippen MR) is 128 cm³/mol. The summed E-state index contributed by atoms with van der Waals surface area (Å²) in [6.07, 6.45) is 1.15. The van der Waals surface area contributed by atoms with Gasteiger partial charge in [0.15, 0.2) is 5.96 Å². The molecule has 3 atom stereocenters. The zero-order valence-electron chi connectivity index (χ0n) is 16.4. The molecule has 1 fully saturated rings. The second-order valence-electron chi connectivity index (χ2n) is 6.86. The summed E-state index contributed by atoms with van der Waals surface area (Å²) in [6, 6.07) is 18.4. The van der Waals surface area contributed by atoms with E-state index in [2.05, 4.69) is 48.7 Å². The van der Waals surface area contributed by atoms with E-state index in [-0.39, 0.29) is 36.1 Å². The first kappa shape index (κ1) is 23.0. The van der Waals surface area contributed by atoms with E-state index in [4.69, 9.17) is 21.3 Å². The summed E-state index contributed by atoms with van der Waals surface area (Å²) in [5.74, 6) is 1.20. The summed E-state index contributed by atoms with van der Waals surface area (Å²) in [7, 11) is 0. The van der Waals surface area contributed by atoms with Gasteiger partial charge < -0.3 is 15.4 Å². The number of ether oxygens (including phenoxy) is 1. The van der Waals surface area contributed by atoms with Crippen molar-refractivity contribution >= 4 is 41.5 Å². The van der Waals surface area contributed by atoms with Crippen LogP contribution in [0.2, 0.25) is 5.02 Å². The number of guanidine groups is 1. The summed E-state index contributed by atoms with van der Waals surface area (Å²) in [5.41, 5.74) is 2.30. The Morgan fingerprint density at radius 2 is 1.89 bits per heavy atom. The van der Waals surface area contributed by atoms with Gasteiger partial charge in [0.05, 0.1) is 12.1 Å². The van der Waals surface area contributed by atoms with Crippen LogP contribution in [0, 0.1) is 5.92 Å². The normalized spacial score (nSPS) is 20.3. The van der Waals surface area contributed by atoms with Crippen LogP contribution in [0.4, 0.5) is 0 Å². The molecule has 2 aromatic rings. The maximum Gasteiger partial charge on any atom is 0.191 e. The topological polar surface area (TPSA) is 45.7 Å². The molecule has 3 unspecified atom stereocenters. The number of halogens is 2. The SMILES string of the molecule is CCNC(=NCC1CCOC1c1ccccc1)NC(C)c1ccccc1Cl.I. The van der Waals surface area contributed by atoms with Crippen LogP contribution >= 0.6 is 35.6 Å². The lowest BCUT2D eigenvalue weighted by molar-refractivity contribution is 0.0925. The average molecular weight is 514 g/mol. The molecule has 0 radical (unpaired) electrons. The maximum atomic E-state index is 6.33. The second kappa shape index (κ2) is 11.6. The monoisotopic (exact) mass is 513 g/mol. The van der Waals surface area contributed by atoms with Gasteiger partial charge in [-0.05, 0) is 37.5 Å². The molecule has 152 valence electrons. The van der Waals surface area contributed by atoms with Crippen molar-refractivity contribution in [2.24, 2.45) is 10.9 Å². The minimum atomic E-state index is 0. The van der Waals surface area contributed by atoms with Crippen LogP contribution in [0.3, 0.4) is 0 Å². The van der Waals surface area contributed by atoms with E-state index in [1.54, 1.807) is 0 Å². The van der Waals surface area contributed by atoms with Crippen LogP contribution in [-0.4, -0.2) is 25.7 Å². The van der Waals surface area contributed by atoms with Crippen molar-refractivity contribution in [1.82, 2.24) is 10.6 Å². The Balaban J connectivity index is 0.00000280. The summed E-state index contributed by atoms with van der Waals surface area (Å²) >= 11 is 6.33. The summed E-state index contributed by atoms with van der Waals surface area (Å²) < 4.78 is 5.98. The first-order valence-electron chi connectivity index (χ1n) is 9.65. The van der Waals surface area contributed by atoms with Crippen molar-refractivity contribution in [2.75, 3.05) is 19.7 Å². The lowest BCUT2D eigenvalue weighted by Crippen LogP contribution is -2.39. The van der Waals surface area contributed by atoms with Crippen molar-refractivity contribution < 1.29 is 4.74 Å². The van der Waals surface area contributed by atoms with Crippen molar-refractivity contribution in [1.29, 1.82) is 0 Å². The molecule has 0 bridgehead atoms. The molecule has 2 N–H and O–H groups in total. The predicted octanol–water partition coefficient (Wildman–Crippen LogP) is 5.35. The maximum absolute atomic E-state index is 6.33. The van der Waals surface area contributed by atoms with Gasteiger partial charge in [0.25, 0.3) is 0 Å². The Kier molecular flexibility index (Phi) is 9.55. The molecule has 0 aliphatic carbocycles. The Morgan fingerprint density at radius 1 is 1.18 bits per heavy atom. The molecule has 0 saturated carbocycles. The fourth-order valence-corrected chi connectivity index (χ4v) is 3.77. The summed E-state index contributed by atoms with van der Waals surface area (Å²) in [5, 5.41) is 7.57. The number of hydrogen-bond donors (Lipinski definition) is 2. The van der Waals surface area contributed by atoms with Crippen molar-refractivity contribution in [2.45, 2.75) is 32.4 Å². The molecular weight excluding hydrogens is 485 g/mol. The van der Waals surface area contributed by atoms with Gasteiger partial charge in [-0.2, -0.15) is 0 Å². The van der Waals surface area contributed by atoms with Crippen LogP contribution in [-0.2, 0) is 4.74 Å². The van der Waals surface area contributed by atoms with Crippen LogP contribution < -0.4 is 10.6 Å². The van der Waals surface area contributed by atoms with Gasteiger partial charge in [0, 0.05) is 30.6 Å². The molecule has 0 amide bonds. The highest BCUT2D eigenvalue weighted by Crippen LogP contribution is 2.34. The van der Waals surface area contributed by atoms with Gasteiger partial charge >= 0.3 is 0 Å². The smallest absolute Gasteiger partial charge is 0.191 e. The Morgan fingerprint density at radius 3 is 2.61 bits per heavy atom.